The minimum atomic E-state index is 0.104. The van der Waals surface area contributed by atoms with Gasteiger partial charge in [-0.3, -0.25) is 9.69 Å². The molecular formula is C22H29N5O. The number of amides is 1. The Hall–Kier alpha value is -2.44. The zero-order chi connectivity index (χ0) is 19.6. The maximum Gasteiger partial charge on any atom is 0.253 e. The molecule has 1 aromatic heterocycles. The van der Waals surface area contributed by atoms with Crippen LogP contribution in [-0.2, 0) is 0 Å². The van der Waals surface area contributed by atoms with Crippen LogP contribution in [0.25, 0.3) is 11.1 Å². The molecule has 3 heterocycles. The van der Waals surface area contributed by atoms with Crippen LogP contribution in [-0.4, -0.2) is 66.0 Å². The van der Waals surface area contributed by atoms with Crippen molar-refractivity contribution in [3.8, 4) is 11.1 Å². The van der Waals surface area contributed by atoms with Gasteiger partial charge in [-0.1, -0.05) is 12.1 Å². The molecule has 2 saturated heterocycles. The molecule has 0 atom stereocenters. The lowest BCUT2D eigenvalue weighted by Crippen LogP contribution is -2.58. The summed E-state index contributed by atoms with van der Waals surface area (Å²) < 4.78 is 0. The second-order valence-corrected chi connectivity index (χ2v) is 8.03. The third-order valence-corrected chi connectivity index (χ3v) is 6.29. The Kier molecular flexibility index (Phi) is 5.33. The molecule has 6 nitrogen and oxygen atoms in total. The van der Waals surface area contributed by atoms with Gasteiger partial charge in [-0.15, -0.1) is 0 Å². The normalized spacial score (nSPS) is 20.1. The van der Waals surface area contributed by atoms with Crippen molar-refractivity contribution in [2.24, 2.45) is 0 Å². The quantitative estimate of drug-likeness (QED) is 0.837. The van der Waals surface area contributed by atoms with Crippen LogP contribution in [0.1, 0.15) is 29.6 Å². The van der Waals surface area contributed by atoms with Crippen LogP contribution < -0.4 is 11.1 Å². The highest BCUT2D eigenvalue weighted by Crippen LogP contribution is 2.30. The van der Waals surface area contributed by atoms with Crippen LogP contribution in [0.3, 0.4) is 0 Å². The lowest BCUT2D eigenvalue weighted by Gasteiger charge is -2.45. The second kappa shape index (κ2) is 7.89. The van der Waals surface area contributed by atoms with E-state index < -0.39 is 0 Å². The van der Waals surface area contributed by atoms with Crippen molar-refractivity contribution in [2.45, 2.75) is 24.8 Å². The Morgan fingerprint density at radius 1 is 1.07 bits per heavy atom. The number of aromatic nitrogens is 1. The van der Waals surface area contributed by atoms with Crippen LogP contribution >= 0.6 is 0 Å². The van der Waals surface area contributed by atoms with Gasteiger partial charge in [0.15, 0.2) is 0 Å². The number of hydrogen-bond acceptors (Lipinski definition) is 5. The van der Waals surface area contributed by atoms with Crippen molar-refractivity contribution in [2.75, 3.05) is 45.5 Å². The van der Waals surface area contributed by atoms with Crippen molar-refractivity contribution in [1.29, 1.82) is 0 Å². The van der Waals surface area contributed by atoms with E-state index in [0.29, 0.717) is 5.82 Å². The SMILES string of the molecule is CN1CCCN(C(=O)c2ccc(-c3ccc(N)nc3)cc2)CC12CCNCC2. The van der Waals surface area contributed by atoms with Gasteiger partial charge in [0.05, 0.1) is 0 Å². The minimum absolute atomic E-state index is 0.104. The summed E-state index contributed by atoms with van der Waals surface area (Å²) in [5.74, 6) is 0.642. The Balaban J connectivity index is 1.52. The number of rotatable bonds is 2. The Morgan fingerprint density at radius 3 is 2.46 bits per heavy atom. The molecule has 1 aromatic carbocycles. The molecule has 3 N–H and O–H groups in total. The van der Waals surface area contributed by atoms with Gasteiger partial charge >= 0.3 is 0 Å². The second-order valence-electron chi connectivity index (χ2n) is 8.03. The zero-order valence-electron chi connectivity index (χ0n) is 16.5. The van der Waals surface area contributed by atoms with E-state index in [4.69, 9.17) is 5.73 Å². The Bertz CT molecular complexity index is 812. The first-order chi connectivity index (χ1) is 13.6. The van der Waals surface area contributed by atoms with E-state index >= 15 is 0 Å². The van der Waals surface area contributed by atoms with Crippen LogP contribution in [0, 0.1) is 0 Å². The molecule has 0 saturated carbocycles. The predicted octanol–water partition coefficient (Wildman–Crippen LogP) is 2.23. The van der Waals surface area contributed by atoms with Gasteiger partial charge in [0.1, 0.15) is 5.82 Å². The number of pyridine rings is 1. The number of nitrogens with two attached hydrogens (primary N) is 1. The fraction of sp³-hybridized carbons (Fsp3) is 0.455. The number of nitrogens with one attached hydrogen (secondary N) is 1. The molecule has 2 aliphatic rings. The molecule has 6 heteroatoms. The van der Waals surface area contributed by atoms with Gasteiger partial charge in [-0.05, 0) is 69.2 Å². The van der Waals surface area contributed by atoms with Crippen molar-refractivity contribution >= 4 is 11.7 Å². The van der Waals surface area contributed by atoms with Crippen molar-refractivity contribution < 1.29 is 4.79 Å². The lowest BCUT2D eigenvalue weighted by atomic mass is 9.86. The summed E-state index contributed by atoms with van der Waals surface area (Å²) in [6, 6.07) is 11.6. The van der Waals surface area contributed by atoms with Crippen LogP contribution in [0.15, 0.2) is 42.6 Å². The fourth-order valence-corrected chi connectivity index (χ4v) is 4.46. The zero-order valence-corrected chi connectivity index (χ0v) is 16.5. The first kappa shape index (κ1) is 18.9. The van der Waals surface area contributed by atoms with E-state index in [1.54, 1.807) is 12.3 Å². The number of benzene rings is 1. The predicted molar refractivity (Wildman–Crippen MR) is 112 cm³/mol. The highest BCUT2D eigenvalue weighted by Gasteiger charge is 2.40. The minimum Gasteiger partial charge on any atom is -0.384 e. The van der Waals surface area contributed by atoms with Crippen LogP contribution in [0.5, 0.6) is 0 Å². The molecule has 0 radical (unpaired) electrons. The largest absolute Gasteiger partial charge is 0.384 e. The fourth-order valence-electron chi connectivity index (χ4n) is 4.46. The average molecular weight is 380 g/mol. The van der Waals surface area contributed by atoms with E-state index in [1.807, 2.05) is 30.3 Å². The first-order valence-corrected chi connectivity index (χ1v) is 10.1. The van der Waals surface area contributed by atoms with Crippen molar-refractivity contribution in [1.82, 2.24) is 20.1 Å². The van der Waals surface area contributed by atoms with Crippen LogP contribution in [0.2, 0.25) is 0 Å². The molecule has 0 bridgehead atoms. The van der Waals surface area contributed by atoms with Gasteiger partial charge in [0.2, 0.25) is 0 Å². The van der Waals surface area contributed by atoms with Gasteiger partial charge in [-0.2, -0.15) is 0 Å². The third-order valence-electron chi connectivity index (χ3n) is 6.29. The van der Waals surface area contributed by atoms with Gasteiger partial charge in [-0.25, -0.2) is 4.98 Å². The molecule has 1 spiro atoms. The number of piperidine rings is 1. The summed E-state index contributed by atoms with van der Waals surface area (Å²) in [5, 5.41) is 3.46. The Labute approximate surface area is 166 Å². The number of nitrogen functional groups attached to an aromatic ring is 1. The van der Waals surface area contributed by atoms with Crippen molar-refractivity contribution in [3.05, 3.63) is 48.2 Å². The molecule has 0 unspecified atom stereocenters. The monoisotopic (exact) mass is 379 g/mol. The molecular weight excluding hydrogens is 350 g/mol. The van der Waals surface area contributed by atoms with Gasteiger partial charge in [0.25, 0.3) is 5.91 Å². The van der Waals surface area contributed by atoms with E-state index in [-0.39, 0.29) is 11.4 Å². The molecule has 2 aromatic rings. The van der Waals surface area contributed by atoms with E-state index in [1.165, 1.54) is 0 Å². The number of carbonyl (C=O) groups excluding carboxylic acids is 1. The molecule has 1 amide bonds. The number of anilines is 1. The van der Waals surface area contributed by atoms with Crippen LogP contribution in [0.4, 0.5) is 5.82 Å². The average Bonchev–Trinajstić information content (AvgIpc) is 2.88. The smallest absolute Gasteiger partial charge is 0.253 e. The highest BCUT2D eigenvalue weighted by molar-refractivity contribution is 5.94. The van der Waals surface area contributed by atoms with E-state index in [9.17, 15) is 4.79 Å². The topological polar surface area (TPSA) is 74.5 Å². The summed E-state index contributed by atoms with van der Waals surface area (Å²) in [5.41, 5.74) is 8.55. The molecule has 2 fully saturated rings. The third kappa shape index (κ3) is 3.75. The van der Waals surface area contributed by atoms with E-state index in [2.05, 4.69) is 27.1 Å². The molecule has 4 rings (SSSR count). The summed E-state index contributed by atoms with van der Waals surface area (Å²) >= 11 is 0. The molecule has 0 aliphatic carbocycles. The Morgan fingerprint density at radius 2 is 1.79 bits per heavy atom. The van der Waals surface area contributed by atoms with E-state index in [0.717, 1.165) is 68.7 Å². The molecule has 2 aliphatic heterocycles. The number of likely N-dealkylation sites (N-methyl/N-ethyl adjacent to an activating group) is 1. The number of hydrogen-bond donors (Lipinski definition) is 2. The number of carbonyl (C=O) groups is 1. The number of nitrogens with zero attached hydrogens (tertiary/aromatic N) is 3. The first-order valence-electron chi connectivity index (χ1n) is 10.1. The van der Waals surface area contributed by atoms with Crippen molar-refractivity contribution in [3.63, 3.8) is 0 Å². The summed E-state index contributed by atoms with van der Waals surface area (Å²) in [4.78, 5) is 21.9. The summed E-state index contributed by atoms with van der Waals surface area (Å²) in [6.07, 6.45) is 4.97. The van der Waals surface area contributed by atoms with Gasteiger partial charge < -0.3 is 16.0 Å². The maximum atomic E-state index is 13.2. The standard InChI is InChI=1S/C22H29N5O/c1-26-13-2-14-27(16-22(26)9-11-24-12-10-22)21(28)18-5-3-17(4-6-18)19-7-8-20(23)25-15-19/h3-8,15,24H,2,9-14,16H2,1H3,(H2,23,25). The highest BCUT2D eigenvalue weighted by atomic mass is 16.2. The summed E-state index contributed by atoms with van der Waals surface area (Å²) in [6.45, 7) is 4.73. The summed E-state index contributed by atoms with van der Waals surface area (Å²) in [7, 11) is 2.22. The van der Waals surface area contributed by atoms with Gasteiger partial charge in [0, 0.05) is 42.5 Å². The lowest BCUT2D eigenvalue weighted by molar-refractivity contribution is 0.0507. The molecule has 148 valence electrons. The molecule has 28 heavy (non-hydrogen) atoms. The maximum absolute atomic E-state index is 13.2.